The van der Waals surface area contributed by atoms with Crippen LogP contribution in [0.4, 0.5) is 0 Å². The monoisotopic (exact) mass is 347 g/mol. The van der Waals surface area contributed by atoms with Crippen LogP contribution in [0, 0.1) is 5.92 Å². The van der Waals surface area contributed by atoms with Gasteiger partial charge in [0.05, 0.1) is 0 Å². The predicted molar refractivity (Wildman–Crippen MR) is 97.5 cm³/mol. The summed E-state index contributed by atoms with van der Waals surface area (Å²) in [6.07, 6.45) is 9.81. The molecule has 1 saturated carbocycles. The highest BCUT2D eigenvalue weighted by atomic mass is 16.2. The average Bonchev–Trinajstić information content (AvgIpc) is 3.46. The maximum atomic E-state index is 12.4. The minimum atomic E-state index is 0.230. The normalized spacial score (nSPS) is 20.5. The summed E-state index contributed by atoms with van der Waals surface area (Å²) < 4.78 is 1.85. The average molecular weight is 347 g/mol. The number of pyridine rings is 2. The van der Waals surface area contributed by atoms with Crippen molar-refractivity contribution in [2.45, 2.75) is 31.6 Å². The third kappa shape index (κ3) is 2.85. The third-order valence-electron chi connectivity index (χ3n) is 5.37. The van der Waals surface area contributed by atoms with Crippen LogP contribution in [0.3, 0.4) is 0 Å². The summed E-state index contributed by atoms with van der Waals surface area (Å²) in [5.74, 6) is 1.69. The van der Waals surface area contributed by atoms with Gasteiger partial charge in [-0.1, -0.05) is 6.07 Å². The van der Waals surface area contributed by atoms with Crippen LogP contribution in [0.1, 0.15) is 37.4 Å². The van der Waals surface area contributed by atoms with E-state index < -0.39 is 0 Å². The Morgan fingerprint density at radius 2 is 2.04 bits per heavy atom. The van der Waals surface area contributed by atoms with Crippen LogP contribution in [0.25, 0.3) is 16.8 Å². The van der Waals surface area contributed by atoms with E-state index in [2.05, 4.69) is 11.1 Å². The highest BCUT2D eigenvalue weighted by Gasteiger charge is 2.36. The topological polar surface area (TPSA) is 63.4 Å². The fourth-order valence-corrected chi connectivity index (χ4v) is 3.75. The number of carbonyl (C=O) groups excluding carboxylic acids is 1. The molecular weight excluding hydrogens is 326 g/mol. The zero-order valence-electron chi connectivity index (χ0n) is 14.6. The van der Waals surface area contributed by atoms with Crippen LogP contribution >= 0.6 is 0 Å². The molecule has 1 aliphatic heterocycles. The van der Waals surface area contributed by atoms with E-state index >= 15 is 0 Å². The lowest BCUT2D eigenvalue weighted by atomic mass is 9.97. The van der Waals surface area contributed by atoms with Gasteiger partial charge in [-0.25, -0.2) is 9.50 Å². The number of aromatic nitrogens is 4. The lowest BCUT2D eigenvalue weighted by molar-refractivity contribution is -0.133. The number of fused-ring (bicyclic) bond motifs is 1. The minimum absolute atomic E-state index is 0.230. The molecule has 1 saturated heterocycles. The number of piperidine rings is 1. The molecule has 1 amide bonds. The van der Waals surface area contributed by atoms with Crippen molar-refractivity contribution in [1.82, 2.24) is 24.5 Å². The number of rotatable bonds is 3. The second-order valence-electron chi connectivity index (χ2n) is 7.33. The Labute approximate surface area is 151 Å². The second-order valence-corrected chi connectivity index (χ2v) is 7.33. The van der Waals surface area contributed by atoms with Crippen molar-refractivity contribution < 1.29 is 4.79 Å². The molecule has 1 unspecified atom stereocenters. The van der Waals surface area contributed by atoms with E-state index in [1.807, 2.05) is 40.0 Å². The molecule has 3 aromatic heterocycles. The molecule has 5 rings (SSSR count). The van der Waals surface area contributed by atoms with E-state index in [9.17, 15) is 4.79 Å². The number of amides is 1. The fourth-order valence-electron chi connectivity index (χ4n) is 3.75. The van der Waals surface area contributed by atoms with Gasteiger partial charge in [0.1, 0.15) is 0 Å². The van der Waals surface area contributed by atoms with Gasteiger partial charge >= 0.3 is 0 Å². The molecule has 6 heteroatoms. The van der Waals surface area contributed by atoms with Crippen LogP contribution in [-0.2, 0) is 4.79 Å². The summed E-state index contributed by atoms with van der Waals surface area (Å²) in [7, 11) is 0. The first kappa shape index (κ1) is 15.5. The molecule has 0 spiro atoms. The molecule has 4 heterocycles. The van der Waals surface area contributed by atoms with Crippen LogP contribution in [-0.4, -0.2) is 43.5 Å². The van der Waals surface area contributed by atoms with E-state index in [0.29, 0.717) is 5.91 Å². The molecule has 0 bridgehead atoms. The molecule has 0 radical (unpaired) electrons. The molecule has 2 fully saturated rings. The van der Waals surface area contributed by atoms with Crippen molar-refractivity contribution in [3.8, 4) is 11.1 Å². The maximum Gasteiger partial charge on any atom is 0.225 e. The summed E-state index contributed by atoms with van der Waals surface area (Å²) in [6.45, 7) is 1.63. The van der Waals surface area contributed by atoms with E-state index in [4.69, 9.17) is 10.1 Å². The zero-order valence-corrected chi connectivity index (χ0v) is 14.6. The molecule has 2 aliphatic rings. The van der Waals surface area contributed by atoms with Gasteiger partial charge in [-0.15, -0.1) is 0 Å². The third-order valence-corrected chi connectivity index (χ3v) is 5.37. The number of hydrogen-bond donors (Lipinski definition) is 0. The quantitative estimate of drug-likeness (QED) is 0.731. The van der Waals surface area contributed by atoms with Crippen LogP contribution in [0.2, 0.25) is 0 Å². The van der Waals surface area contributed by atoms with E-state index in [0.717, 1.165) is 61.4 Å². The van der Waals surface area contributed by atoms with Crippen molar-refractivity contribution >= 4 is 11.6 Å². The number of likely N-dealkylation sites (tertiary alicyclic amines) is 1. The number of nitrogens with zero attached hydrogens (tertiary/aromatic N) is 5. The van der Waals surface area contributed by atoms with E-state index in [-0.39, 0.29) is 11.8 Å². The van der Waals surface area contributed by atoms with Crippen molar-refractivity contribution in [2.75, 3.05) is 13.1 Å². The predicted octanol–water partition coefficient (Wildman–Crippen LogP) is 2.91. The van der Waals surface area contributed by atoms with Gasteiger partial charge < -0.3 is 4.90 Å². The largest absolute Gasteiger partial charge is 0.342 e. The Morgan fingerprint density at radius 1 is 1.12 bits per heavy atom. The van der Waals surface area contributed by atoms with Gasteiger partial charge in [0, 0.05) is 54.6 Å². The van der Waals surface area contributed by atoms with Crippen molar-refractivity contribution in [3.63, 3.8) is 0 Å². The molecule has 6 nitrogen and oxygen atoms in total. The standard InChI is InChI=1S/C20H21N5O/c26-20(14-5-6-14)24-10-2-4-17(12-24)19-22-18-8-7-16(13-25(18)23-19)15-3-1-9-21-11-15/h1,3,7-9,11,13-14,17H,2,4-6,10,12H2. The van der Waals surface area contributed by atoms with Crippen LogP contribution < -0.4 is 0 Å². The Bertz CT molecular complexity index is 947. The van der Waals surface area contributed by atoms with Gasteiger partial charge in [0.25, 0.3) is 0 Å². The van der Waals surface area contributed by atoms with Gasteiger partial charge in [-0.2, -0.15) is 5.10 Å². The van der Waals surface area contributed by atoms with Gasteiger partial charge in [-0.3, -0.25) is 9.78 Å². The Balaban J connectivity index is 1.41. The molecule has 3 aromatic rings. The highest BCUT2D eigenvalue weighted by Crippen LogP contribution is 2.34. The smallest absolute Gasteiger partial charge is 0.225 e. The van der Waals surface area contributed by atoms with E-state index in [1.54, 1.807) is 6.20 Å². The Kier molecular flexibility index (Phi) is 3.69. The van der Waals surface area contributed by atoms with Crippen LogP contribution in [0.5, 0.6) is 0 Å². The Hall–Kier alpha value is -2.76. The van der Waals surface area contributed by atoms with Gasteiger partial charge in [0.15, 0.2) is 11.5 Å². The molecule has 26 heavy (non-hydrogen) atoms. The fraction of sp³-hybridized carbons (Fsp3) is 0.400. The van der Waals surface area contributed by atoms with Gasteiger partial charge in [0.2, 0.25) is 5.91 Å². The summed E-state index contributed by atoms with van der Waals surface area (Å²) >= 11 is 0. The summed E-state index contributed by atoms with van der Waals surface area (Å²) in [4.78, 5) is 23.3. The molecule has 1 aliphatic carbocycles. The minimum Gasteiger partial charge on any atom is -0.342 e. The lowest BCUT2D eigenvalue weighted by Crippen LogP contribution is -2.40. The second kappa shape index (κ2) is 6.20. The SMILES string of the molecule is O=C(C1CC1)N1CCCC(c2nc3ccc(-c4cccnc4)cn3n2)C1. The summed E-state index contributed by atoms with van der Waals surface area (Å²) in [5, 5.41) is 4.72. The first-order chi connectivity index (χ1) is 12.8. The molecular formula is C20H21N5O. The van der Waals surface area contributed by atoms with Crippen molar-refractivity contribution in [2.24, 2.45) is 5.92 Å². The van der Waals surface area contributed by atoms with Crippen molar-refractivity contribution in [1.29, 1.82) is 0 Å². The lowest BCUT2D eigenvalue weighted by Gasteiger charge is -2.31. The van der Waals surface area contributed by atoms with Crippen molar-refractivity contribution in [3.05, 3.63) is 48.7 Å². The first-order valence-electron chi connectivity index (χ1n) is 9.33. The van der Waals surface area contributed by atoms with E-state index in [1.165, 1.54) is 0 Å². The highest BCUT2D eigenvalue weighted by molar-refractivity contribution is 5.81. The Morgan fingerprint density at radius 3 is 2.85 bits per heavy atom. The maximum absolute atomic E-state index is 12.4. The number of carbonyl (C=O) groups is 1. The molecule has 0 N–H and O–H groups in total. The molecule has 0 aromatic carbocycles. The van der Waals surface area contributed by atoms with Crippen LogP contribution in [0.15, 0.2) is 42.9 Å². The van der Waals surface area contributed by atoms with Gasteiger partial charge in [-0.05, 0) is 43.9 Å². The molecule has 1 atom stereocenters. The summed E-state index contributed by atoms with van der Waals surface area (Å²) in [6, 6.07) is 8.01. The zero-order chi connectivity index (χ0) is 17.5. The molecule has 132 valence electrons. The number of hydrogen-bond acceptors (Lipinski definition) is 4. The first-order valence-corrected chi connectivity index (χ1v) is 9.33. The summed E-state index contributed by atoms with van der Waals surface area (Å²) in [5.41, 5.74) is 2.97.